The van der Waals surface area contributed by atoms with Crippen molar-refractivity contribution in [2.75, 3.05) is 13.1 Å². The predicted octanol–water partition coefficient (Wildman–Crippen LogP) is 0.344. The molecule has 2 saturated heterocycles. The fourth-order valence-electron chi connectivity index (χ4n) is 5.00. The van der Waals surface area contributed by atoms with Crippen molar-refractivity contribution in [3.63, 3.8) is 0 Å². The molecule has 2 unspecified atom stereocenters. The zero-order valence-electron chi connectivity index (χ0n) is 19.8. The lowest BCUT2D eigenvalue weighted by Gasteiger charge is -2.43. The van der Waals surface area contributed by atoms with Crippen molar-refractivity contribution in [1.82, 2.24) is 15.1 Å². The molecular weight excluding hydrogens is 455 g/mol. The summed E-state index contributed by atoms with van der Waals surface area (Å²) in [5, 5.41) is 1.05. The van der Waals surface area contributed by atoms with Crippen LogP contribution in [0.1, 0.15) is 39.9 Å². The molecule has 5 rings (SSSR count). The highest BCUT2D eigenvalue weighted by molar-refractivity contribution is 6.39. The molecule has 36 heavy (non-hydrogen) atoms. The van der Waals surface area contributed by atoms with E-state index in [4.69, 9.17) is 33.0 Å². The number of rotatable bonds is 6. The Hall–Kier alpha value is -3.04. The molecule has 3 aliphatic heterocycles. The van der Waals surface area contributed by atoms with E-state index in [1.807, 2.05) is 30.3 Å². The van der Waals surface area contributed by atoms with Crippen LogP contribution in [0.5, 0.6) is 5.75 Å². The lowest BCUT2D eigenvalue weighted by Crippen LogP contribution is -2.56. The smallest absolute Gasteiger partial charge is 0.255 e. The molecule has 178 valence electrons. The van der Waals surface area contributed by atoms with Crippen LogP contribution in [0.4, 0.5) is 0 Å². The first-order chi connectivity index (χ1) is 17.2. The topological polar surface area (TPSA) is 88.2 Å². The number of carbonyl (C=O) groups is 3. The number of imide groups is 1. The fourth-order valence-corrected chi connectivity index (χ4v) is 5.00. The average molecular weight is 479 g/mol. The van der Waals surface area contributed by atoms with E-state index in [0.717, 1.165) is 16.7 Å². The summed E-state index contributed by atoms with van der Waals surface area (Å²) < 4.78 is 11.4. The van der Waals surface area contributed by atoms with E-state index in [-0.39, 0.29) is 24.8 Å². The van der Waals surface area contributed by atoms with Crippen LogP contribution in [-0.4, -0.2) is 81.6 Å². The van der Waals surface area contributed by atoms with Gasteiger partial charge in [0.2, 0.25) is 11.8 Å². The number of hydrogen-bond donors (Lipinski definition) is 1. The third-order valence-electron chi connectivity index (χ3n) is 6.64. The Balaban J connectivity index is 1.21. The molecular formula is C25H24B3N3O5. The van der Waals surface area contributed by atoms with E-state index in [9.17, 15) is 14.4 Å². The Bertz CT molecular complexity index is 1190. The third-order valence-corrected chi connectivity index (χ3v) is 6.64. The van der Waals surface area contributed by atoms with E-state index < -0.39 is 23.4 Å². The molecule has 2 aromatic rings. The molecule has 2 aromatic carbocycles. The summed E-state index contributed by atoms with van der Waals surface area (Å²) in [6.45, 7) is 2.13. The molecule has 0 spiro atoms. The molecule has 0 aromatic heterocycles. The molecule has 0 bridgehead atoms. The monoisotopic (exact) mass is 479 g/mol. The van der Waals surface area contributed by atoms with Crippen molar-refractivity contribution in [1.29, 1.82) is 0 Å². The largest absolute Gasteiger partial charge is 0.489 e. The van der Waals surface area contributed by atoms with Gasteiger partial charge in [0.1, 0.15) is 41.9 Å². The van der Waals surface area contributed by atoms with Crippen molar-refractivity contribution in [3.8, 4) is 5.75 Å². The molecule has 3 aliphatic rings. The minimum absolute atomic E-state index is 0.216. The molecule has 3 heterocycles. The summed E-state index contributed by atoms with van der Waals surface area (Å²) in [6, 6.07) is 12.1. The number of nitrogens with zero attached hydrogens (tertiary/aromatic N) is 2. The zero-order valence-corrected chi connectivity index (χ0v) is 19.8. The average Bonchev–Trinajstić information content (AvgIpc) is 3.14. The van der Waals surface area contributed by atoms with Gasteiger partial charge in [-0.25, -0.2) is 0 Å². The molecule has 2 atom stereocenters. The van der Waals surface area contributed by atoms with E-state index >= 15 is 0 Å². The SMILES string of the molecule is [B]C1CN(Cc2ccc(COc3cccc4c3CN(C3CCC(=O)NC3=O)C4=O)cc2)CC([B])([B])O1. The number of amides is 3. The van der Waals surface area contributed by atoms with E-state index in [1.165, 1.54) is 4.90 Å². The van der Waals surface area contributed by atoms with E-state index in [2.05, 4.69) is 10.2 Å². The molecule has 2 fully saturated rings. The van der Waals surface area contributed by atoms with Gasteiger partial charge in [0, 0.05) is 48.6 Å². The summed E-state index contributed by atoms with van der Waals surface area (Å²) in [5.41, 5.74) is 3.31. The first kappa shape index (κ1) is 24.7. The maximum absolute atomic E-state index is 13.0. The molecule has 0 aliphatic carbocycles. The Morgan fingerprint density at radius 2 is 1.83 bits per heavy atom. The summed E-state index contributed by atoms with van der Waals surface area (Å²) in [7, 11) is 17.7. The van der Waals surface area contributed by atoms with Gasteiger partial charge in [-0.15, -0.1) is 0 Å². The van der Waals surface area contributed by atoms with Crippen molar-refractivity contribution in [2.45, 2.75) is 50.0 Å². The predicted molar refractivity (Wildman–Crippen MR) is 133 cm³/mol. The molecule has 8 nitrogen and oxygen atoms in total. The number of fused-ring (bicyclic) bond motifs is 1. The van der Waals surface area contributed by atoms with Crippen molar-refractivity contribution >= 4 is 41.3 Å². The van der Waals surface area contributed by atoms with Crippen LogP contribution in [-0.2, 0) is 34.0 Å². The van der Waals surface area contributed by atoms with E-state index in [0.29, 0.717) is 44.0 Å². The number of hydrogen-bond acceptors (Lipinski definition) is 6. The Morgan fingerprint density at radius 1 is 1.08 bits per heavy atom. The number of nitrogens with one attached hydrogen (secondary N) is 1. The molecule has 6 radical (unpaired) electrons. The highest BCUT2D eigenvalue weighted by Gasteiger charge is 2.40. The van der Waals surface area contributed by atoms with Crippen LogP contribution >= 0.6 is 0 Å². The molecule has 0 saturated carbocycles. The van der Waals surface area contributed by atoms with Crippen molar-refractivity contribution in [3.05, 3.63) is 64.7 Å². The Labute approximate surface area is 213 Å². The Morgan fingerprint density at radius 3 is 2.56 bits per heavy atom. The number of benzene rings is 2. The number of morpholine rings is 1. The quantitative estimate of drug-likeness (QED) is 0.476. The number of piperidine rings is 1. The van der Waals surface area contributed by atoms with Gasteiger partial charge < -0.3 is 14.4 Å². The zero-order chi connectivity index (χ0) is 25.4. The molecule has 11 heteroatoms. The van der Waals surface area contributed by atoms with Gasteiger partial charge in [0.25, 0.3) is 5.91 Å². The molecule has 3 amide bonds. The van der Waals surface area contributed by atoms with Gasteiger partial charge in [-0.2, -0.15) is 0 Å². The van der Waals surface area contributed by atoms with Crippen LogP contribution in [0.2, 0.25) is 0 Å². The second kappa shape index (κ2) is 9.79. The lowest BCUT2D eigenvalue weighted by atomic mass is 9.63. The summed E-state index contributed by atoms with van der Waals surface area (Å²) >= 11 is 0. The number of carbonyl (C=O) groups excluding carboxylic acids is 3. The van der Waals surface area contributed by atoms with E-state index in [1.54, 1.807) is 12.1 Å². The molecule has 1 N–H and O–H groups in total. The fraction of sp³-hybridized carbons (Fsp3) is 0.400. The van der Waals surface area contributed by atoms with Gasteiger partial charge in [0.05, 0.1) is 6.54 Å². The van der Waals surface area contributed by atoms with Crippen LogP contribution in [0.15, 0.2) is 42.5 Å². The lowest BCUT2D eigenvalue weighted by molar-refractivity contribution is -0.136. The number of ether oxygens (including phenoxy) is 2. The minimum atomic E-state index is -1.27. The first-order valence-corrected chi connectivity index (χ1v) is 11.9. The van der Waals surface area contributed by atoms with Gasteiger partial charge >= 0.3 is 0 Å². The highest BCUT2D eigenvalue weighted by atomic mass is 16.5. The second-order valence-corrected chi connectivity index (χ2v) is 9.57. The normalized spacial score (nSPS) is 23.9. The van der Waals surface area contributed by atoms with Gasteiger partial charge in [-0.05, 0) is 29.7 Å². The highest BCUT2D eigenvalue weighted by Crippen LogP contribution is 2.34. The second-order valence-electron chi connectivity index (χ2n) is 9.57. The summed E-state index contributed by atoms with van der Waals surface area (Å²) in [6.07, 6.45) is 0.536. The summed E-state index contributed by atoms with van der Waals surface area (Å²) in [4.78, 5) is 40.3. The van der Waals surface area contributed by atoms with Crippen molar-refractivity contribution in [2.24, 2.45) is 0 Å². The maximum Gasteiger partial charge on any atom is 0.255 e. The Kier molecular flexibility index (Phi) is 6.70. The minimum Gasteiger partial charge on any atom is -0.489 e. The van der Waals surface area contributed by atoms with Gasteiger partial charge in [0.15, 0.2) is 0 Å². The first-order valence-electron chi connectivity index (χ1n) is 11.9. The maximum atomic E-state index is 13.0. The standard InChI is InChI=1S/C25H24B3N3O5/c26-21-12-30(14-25(27,28)36-21)10-15-4-6-16(7-5-15)13-35-20-3-1-2-17-18(20)11-31(24(17)34)19-8-9-22(32)29-23(19)33/h1-7,19,21H,8-14H2,(H,29,32,33). The van der Waals surface area contributed by atoms with Gasteiger partial charge in [-0.1, -0.05) is 30.3 Å². The van der Waals surface area contributed by atoms with Crippen LogP contribution in [0.3, 0.4) is 0 Å². The van der Waals surface area contributed by atoms with Gasteiger partial charge in [-0.3, -0.25) is 24.6 Å². The van der Waals surface area contributed by atoms with Crippen molar-refractivity contribution < 1.29 is 23.9 Å². The van der Waals surface area contributed by atoms with Crippen LogP contribution < -0.4 is 10.1 Å². The summed E-state index contributed by atoms with van der Waals surface area (Å²) in [5.74, 6) is -0.367. The third kappa shape index (κ3) is 5.22. The van der Waals surface area contributed by atoms with Crippen LogP contribution in [0, 0.1) is 0 Å². The van der Waals surface area contributed by atoms with Crippen LogP contribution in [0.25, 0.3) is 0 Å².